The van der Waals surface area contributed by atoms with E-state index < -0.39 is 0 Å². The number of amides is 1. The van der Waals surface area contributed by atoms with Crippen LogP contribution in [0.5, 0.6) is 0 Å². The summed E-state index contributed by atoms with van der Waals surface area (Å²) in [6.07, 6.45) is 0.863. The fourth-order valence-corrected chi connectivity index (χ4v) is 4.31. The van der Waals surface area contributed by atoms with Crippen LogP contribution in [-0.4, -0.2) is 17.4 Å². The molecule has 0 saturated heterocycles. The Morgan fingerprint density at radius 1 is 1.08 bits per heavy atom. The van der Waals surface area contributed by atoms with Crippen LogP contribution in [0.25, 0.3) is 0 Å². The highest BCUT2D eigenvalue weighted by atomic mass is 32.1. The van der Waals surface area contributed by atoms with Gasteiger partial charge in [0.05, 0.1) is 6.04 Å². The van der Waals surface area contributed by atoms with Gasteiger partial charge in [-0.2, -0.15) is 0 Å². The average molecular weight is 351 g/mol. The Balaban J connectivity index is 1.76. The number of nitrogens with zero attached hydrogens (tertiary/aromatic N) is 1. The quantitative estimate of drug-likeness (QED) is 0.637. The van der Waals surface area contributed by atoms with Crippen LogP contribution in [0.2, 0.25) is 0 Å². The molecule has 1 aliphatic rings. The van der Waals surface area contributed by atoms with E-state index in [1.807, 2.05) is 4.90 Å². The SMILES string of the molecule is Cc1ccc([C@H]2c3ccsc3CCN2C(=O)c2ccc(F)cc2)cc1. The standard InChI is InChI=1S/C21H18FNOS/c1-14-2-4-15(5-3-14)20-18-11-13-25-19(18)10-12-23(20)21(24)16-6-8-17(22)9-7-16/h2-9,11,13,20H,10,12H2,1H3/t20-/m0/s1. The van der Waals surface area contributed by atoms with Crippen molar-refractivity contribution in [3.8, 4) is 0 Å². The highest BCUT2D eigenvalue weighted by Gasteiger charge is 2.33. The molecule has 25 heavy (non-hydrogen) atoms. The first-order valence-electron chi connectivity index (χ1n) is 8.33. The van der Waals surface area contributed by atoms with Crippen LogP contribution in [0.1, 0.15) is 38.0 Å². The molecule has 0 unspecified atom stereocenters. The van der Waals surface area contributed by atoms with Crippen molar-refractivity contribution in [2.75, 3.05) is 6.54 Å². The average Bonchev–Trinajstić information content (AvgIpc) is 3.10. The van der Waals surface area contributed by atoms with Gasteiger partial charge >= 0.3 is 0 Å². The smallest absolute Gasteiger partial charge is 0.254 e. The normalized spacial score (nSPS) is 16.6. The molecule has 2 nitrogen and oxygen atoms in total. The number of carbonyl (C=O) groups is 1. The van der Waals surface area contributed by atoms with Crippen LogP contribution in [0, 0.1) is 12.7 Å². The summed E-state index contributed by atoms with van der Waals surface area (Å²) in [4.78, 5) is 16.4. The molecule has 0 aliphatic carbocycles. The molecule has 2 aromatic carbocycles. The number of benzene rings is 2. The van der Waals surface area contributed by atoms with Crippen LogP contribution >= 0.6 is 11.3 Å². The lowest BCUT2D eigenvalue weighted by atomic mass is 9.92. The van der Waals surface area contributed by atoms with Gasteiger partial charge in [0.2, 0.25) is 0 Å². The van der Waals surface area contributed by atoms with Gasteiger partial charge in [0.25, 0.3) is 5.91 Å². The van der Waals surface area contributed by atoms with Gasteiger partial charge in [-0.1, -0.05) is 29.8 Å². The van der Waals surface area contributed by atoms with E-state index in [0.717, 1.165) is 12.0 Å². The van der Waals surface area contributed by atoms with Gasteiger partial charge in [-0.25, -0.2) is 4.39 Å². The number of thiophene rings is 1. The van der Waals surface area contributed by atoms with Crippen molar-refractivity contribution in [3.63, 3.8) is 0 Å². The number of fused-ring (bicyclic) bond motifs is 1. The maximum absolute atomic E-state index is 13.2. The molecule has 3 aromatic rings. The number of carbonyl (C=O) groups excluding carboxylic acids is 1. The van der Waals surface area contributed by atoms with Crippen molar-refractivity contribution in [2.24, 2.45) is 0 Å². The Labute approximate surface area is 150 Å². The molecule has 0 N–H and O–H groups in total. The summed E-state index contributed by atoms with van der Waals surface area (Å²) in [6.45, 7) is 2.73. The Kier molecular flexibility index (Phi) is 4.14. The van der Waals surface area contributed by atoms with E-state index in [-0.39, 0.29) is 17.8 Å². The van der Waals surface area contributed by atoms with Crippen molar-refractivity contribution in [2.45, 2.75) is 19.4 Å². The monoisotopic (exact) mass is 351 g/mol. The molecular formula is C21H18FNOS. The van der Waals surface area contributed by atoms with Crippen LogP contribution < -0.4 is 0 Å². The molecule has 4 rings (SSSR count). The van der Waals surface area contributed by atoms with E-state index in [0.29, 0.717) is 12.1 Å². The van der Waals surface area contributed by atoms with Gasteiger partial charge in [0, 0.05) is 17.0 Å². The van der Waals surface area contributed by atoms with Crippen molar-refractivity contribution < 1.29 is 9.18 Å². The molecule has 1 aromatic heterocycles. The summed E-state index contributed by atoms with van der Waals surface area (Å²) >= 11 is 1.75. The molecule has 1 aliphatic heterocycles. The predicted molar refractivity (Wildman–Crippen MR) is 98.5 cm³/mol. The molecule has 1 amide bonds. The molecule has 126 valence electrons. The molecule has 0 radical (unpaired) electrons. The van der Waals surface area contributed by atoms with Crippen molar-refractivity contribution in [1.29, 1.82) is 0 Å². The number of halogens is 1. The highest BCUT2D eigenvalue weighted by Crippen LogP contribution is 2.38. The molecule has 0 bridgehead atoms. The number of aryl methyl sites for hydroxylation is 1. The summed E-state index contributed by atoms with van der Waals surface area (Å²) in [7, 11) is 0. The lowest BCUT2D eigenvalue weighted by molar-refractivity contribution is 0.0696. The first kappa shape index (κ1) is 16.0. The van der Waals surface area contributed by atoms with Crippen LogP contribution in [0.4, 0.5) is 4.39 Å². The van der Waals surface area contributed by atoms with Crippen molar-refractivity contribution >= 4 is 17.2 Å². The number of rotatable bonds is 2. The lowest BCUT2D eigenvalue weighted by Gasteiger charge is -2.36. The summed E-state index contributed by atoms with van der Waals surface area (Å²) in [5, 5.41) is 2.09. The minimum Gasteiger partial charge on any atom is -0.327 e. The molecule has 0 saturated carbocycles. The zero-order valence-electron chi connectivity index (χ0n) is 13.9. The van der Waals surface area contributed by atoms with Gasteiger partial charge in [-0.05, 0) is 60.2 Å². The fraction of sp³-hybridized carbons (Fsp3) is 0.190. The third-order valence-electron chi connectivity index (χ3n) is 4.71. The zero-order chi connectivity index (χ0) is 17.4. The molecule has 0 spiro atoms. The van der Waals surface area contributed by atoms with Crippen molar-refractivity contribution in [1.82, 2.24) is 4.90 Å². The second-order valence-electron chi connectivity index (χ2n) is 6.37. The van der Waals surface area contributed by atoms with E-state index in [9.17, 15) is 9.18 Å². The molecule has 2 heterocycles. The molecular weight excluding hydrogens is 333 g/mol. The van der Waals surface area contributed by atoms with Crippen molar-refractivity contribution in [3.05, 3.63) is 92.9 Å². The van der Waals surface area contributed by atoms with Crippen LogP contribution in [0.15, 0.2) is 60.0 Å². The van der Waals surface area contributed by atoms with Gasteiger partial charge in [0.15, 0.2) is 0 Å². The number of hydrogen-bond acceptors (Lipinski definition) is 2. The Hall–Kier alpha value is -2.46. The second-order valence-corrected chi connectivity index (χ2v) is 7.37. The maximum atomic E-state index is 13.2. The minimum absolute atomic E-state index is 0.0533. The third kappa shape index (κ3) is 2.98. The first-order valence-corrected chi connectivity index (χ1v) is 9.21. The van der Waals surface area contributed by atoms with Crippen LogP contribution in [-0.2, 0) is 6.42 Å². The summed E-state index contributed by atoms with van der Waals surface area (Å²) in [5.41, 5.74) is 4.04. The second kappa shape index (κ2) is 6.45. The van der Waals surface area contributed by atoms with E-state index in [1.54, 1.807) is 23.5 Å². The Bertz CT molecular complexity index is 898. The largest absolute Gasteiger partial charge is 0.327 e. The highest BCUT2D eigenvalue weighted by molar-refractivity contribution is 7.10. The minimum atomic E-state index is -0.328. The topological polar surface area (TPSA) is 20.3 Å². The van der Waals surface area contributed by atoms with E-state index in [2.05, 4.69) is 42.6 Å². The Morgan fingerprint density at radius 2 is 1.80 bits per heavy atom. The fourth-order valence-electron chi connectivity index (χ4n) is 3.40. The molecule has 0 fully saturated rings. The van der Waals surface area contributed by atoms with E-state index >= 15 is 0 Å². The summed E-state index contributed by atoms with van der Waals surface area (Å²) in [5.74, 6) is -0.382. The van der Waals surface area contributed by atoms with E-state index in [1.165, 1.54) is 28.1 Å². The summed E-state index contributed by atoms with van der Waals surface area (Å²) < 4.78 is 13.2. The van der Waals surface area contributed by atoms with E-state index in [4.69, 9.17) is 0 Å². The van der Waals surface area contributed by atoms with Crippen LogP contribution in [0.3, 0.4) is 0 Å². The lowest BCUT2D eigenvalue weighted by Crippen LogP contribution is -2.40. The third-order valence-corrected chi connectivity index (χ3v) is 5.71. The van der Waals surface area contributed by atoms with Gasteiger partial charge < -0.3 is 4.90 Å². The zero-order valence-corrected chi connectivity index (χ0v) is 14.7. The Morgan fingerprint density at radius 3 is 2.52 bits per heavy atom. The maximum Gasteiger partial charge on any atom is 0.254 e. The molecule has 1 atom stereocenters. The first-order chi connectivity index (χ1) is 12.1. The van der Waals surface area contributed by atoms with Gasteiger partial charge in [-0.15, -0.1) is 11.3 Å². The summed E-state index contributed by atoms with van der Waals surface area (Å²) in [6, 6.07) is 16.2. The molecule has 4 heteroatoms. The number of hydrogen-bond donors (Lipinski definition) is 0. The predicted octanol–water partition coefficient (Wildman–Crippen LogP) is 4.98. The van der Waals surface area contributed by atoms with Gasteiger partial charge in [-0.3, -0.25) is 4.79 Å². The van der Waals surface area contributed by atoms with Gasteiger partial charge in [0.1, 0.15) is 5.82 Å².